The standard InChI is InChI=1S/C20H25N.C8H6O4/c1-19(2,3)15-11-14-13-9-7-8-10-17(13)21-18(14)12-16(15)20(4,5)6;9-7(10)5-1-2-6(4-3-5)8(11)12/h7-12,21H,1-6H3;1-4H,(H,9,10)(H,11,12). The lowest BCUT2D eigenvalue weighted by atomic mass is 9.75. The number of fused-ring (bicyclic) bond motifs is 3. The van der Waals surface area contributed by atoms with Crippen molar-refractivity contribution >= 4 is 33.7 Å². The van der Waals surface area contributed by atoms with Gasteiger partial charge in [0.15, 0.2) is 0 Å². The Bertz CT molecular complexity index is 1280. The molecule has 3 N–H and O–H groups in total. The fourth-order valence-corrected chi connectivity index (χ4v) is 3.89. The highest BCUT2D eigenvalue weighted by Crippen LogP contribution is 2.38. The highest BCUT2D eigenvalue weighted by molar-refractivity contribution is 6.07. The predicted molar refractivity (Wildman–Crippen MR) is 134 cm³/mol. The van der Waals surface area contributed by atoms with Gasteiger partial charge in [0.1, 0.15) is 0 Å². The summed E-state index contributed by atoms with van der Waals surface area (Å²) in [4.78, 5) is 24.2. The quantitative estimate of drug-likeness (QED) is 0.310. The summed E-state index contributed by atoms with van der Waals surface area (Å²) in [6.45, 7) is 13.8. The number of H-pyrrole nitrogens is 1. The minimum atomic E-state index is -1.06. The first-order valence-corrected chi connectivity index (χ1v) is 10.9. The van der Waals surface area contributed by atoms with Crippen molar-refractivity contribution in [3.63, 3.8) is 0 Å². The van der Waals surface area contributed by atoms with E-state index in [4.69, 9.17) is 10.2 Å². The van der Waals surface area contributed by atoms with Gasteiger partial charge in [-0.3, -0.25) is 0 Å². The summed E-state index contributed by atoms with van der Waals surface area (Å²) in [7, 11) is 0. The molecule has 0 saturated carbocycles. The van der Waals surface area contributed by atoms with Crippen LogP contribution in [0.25, 0.3) is 21.8 Å². The summed E-state index contributed by atoms with van der Waals surface area (Å²) in [5.74, 6) is -2.13. The Kier molecular flexibility index (Phi) is 6.37. The summed E-state index contributed by atoms with van der Waals surface area (Å²) in [6, 6.07) is 18.3. The van der Waals surface area contributed by atoms with Crippen LogP contribution in [0.2, 0.25) is 0 Å². The molecule has 5 heteroatoms. The largest absolute Gasteiger partial charge is 0.478 e. The average molecular weight is 446 g/mol. The normalized spacial score (nSPS) is 11.8. The Hall–Kier alpha value is -3.60. The predicted octanol–water partition coefficient (Wildman–Crippen LogP) is 7.00. The van der Waals surface area contributed by atoms with Crippen molar-refractivity contribution in [3.05, 3.63) is 82.9 Å². The van der Waals surface area contributed by atoms with Crippen molar-refractivity contribution in [1.29, 1.82) is 0 Å². The van der Waals surface area contributed by atoms with Gasteiger partial charge in [-0.15, -0.1) is 0 Å². The van der Waals surface area contributed by atoms with E-state index in [-0.39, 0.29) is 22.0 Å². The van der Waals surface area contributed by atoms with E-state index in [1.54, 1.807) is 0 Å². The van der Waals surface area contributed by atoms with Crippen molar-refractivity contribution in [2.45, 2.75) is 52.4 Å². The molecule has 0 unspecified atom stereocenters. The van der Waals surface area contributed by atoms with Crippen molar-refractivity contribution < 1.29 is 19.8 Å². The number of para-hydroxylation sites is 1. The summed E-state index contributed by atoms with van der Waals surface area (Å²) in [6.07, 6.45) is 0. The fraction of sp³-hybridized carbons (Fsp3) is 0.286. The lowest BCUT2D eigenvalue weighted by Crippen LogP contribution is -2.21. The summed E-state index contributed by atoms with van der Waals surface area (Å²) in [5.41, 5.74) is 5.82. The summed E-state index contributed by atoms with van der Waals surface area (Å²) < 4.78 is 0. The number of benzene rings is 3. The number of carboxylic acid groups (broad SMARTS) is 2. The van der Waals surface area contributed by atoms with Gasteiger partial charge in [0.2, 0.25) is 0 Å². The lowest BCUT2D eigenvalue weighted by molar-refractivity contribution is 0.0681. The van der Waals surface area contributed by atoms with Gasteiger partial charge < -0.3 is 15.2 Å². The van der Waals surface area contributed by atoms with Gasteiger partial charge in [-0.1, -0.05) is 59.7 Å². The Morgan fingerprint density at radius 2 is 1.09 bits per heavy atom. The number of carbonyl (C=O) groups is 2. The van der Waals surface area contributed by atoms with Crippen LogP contribution in [-0.2, 0) is 10.8 Å². The van der Waals surface area contributed by atoms with Crippen LogP contribution in [0, 0.1) is 0 Å². The van der Waals surface area contributed by atoms with E-state index >= 15 is 0 Å². The maximum atomic E-state index is 10.3. The van der Waals surface area contributed by atoms with E-state index in [1.807, 2.05) is 0 Å². The van der Waals surface area contributed by atoms with Crippen molar-refractivity contribution in [2.75, 3.05) is 0 Å². The van der Waals surface area contributed by atoms with Crippen LogP contribution in [0.1, 0.15) is 73.4 Å². The van der Waals surface area contributed by atoms with Gasteiger partial charge in [-0.2, -0.15) is 0 Å². The third-order valence-electron chi connectivity index (χ3n) is 5.64. The van der Waals surface area contributed by atoms with Crippen LogP contribution in [0.5, 0.6) is 0 Å². The molecule has 0 amide bonds. The number of rotatable bonds is 2. The fourth-order valence-electron chi connectivity index (χ4n) is 3.89. The SMILES string of the molecule is CC(C)(C)c1cc2[nH]c3ccccc3c2cc1C(C)(C)C.O=C(O)c1ccc(C(=O)O)cc1. The third kappa shape index (κ3) is 5.25. The van der Waals surface area contributed by atoms with Crippen molar-refractivity contribution in [3.8, 4) is 0 Å². The Balaban J connectivity index is 0.000000218. The van der Waals surface area contributed by atoms with Gasteiger partial charge in [0.05, 0.1) is 11.1 Å². The first-order valence-electron chi connectivity index (χ1n) is 10.9. The molecule has 33 heavy (non-hydrogen) atoms. The molecule has 172 valence electrons. The first kappa shape index (κ1) is 24.1. The molecule has 1 heterocycles. The number of hydrogen-bond donors (Lipinski definition) is 3. The Labute approximate surface area is 194 Å². The maximum Gasteiger partial charge on any atom is 0.335 e. The minimum absolute atomic E-state index is 0.0833. The first-order chi connectivity index (χ1) is 15.3. The molecule has 0 aliphatic rings. The zero-order chi connectivity index (χ0) is 24.6. The molecular weight excluding hydrogens is 414 g/mol. The monoisotopic (exact) mass is 445 g/mol. The minimum Gasteiger partial charge on any atom is -0.478 e. The number of hydrogen-bond acceptors (Lipinski definition) is 2. The average Bonchev–Trinajstić information content (AvgIpc) is 3.10. The molecule has 0 atom stereocenters. The van der Waals surface area contributed by atoms with Crippen LogP contribution in [-0.4, -0.2) is 27.1 Å². The maximum absolute atomic E-state index is 10.3. The van der Waals surface area contributed by atoms with Crippen LogP contribution >= 0.6 is 0 Å². The summed E-state index contributed by atoms with van der Waals surface area (Å²) in [5, 5.41) is 19.6. The van der Waals surface area contributed by atoms with Gasteiger partial charge >= 0.3 is 11.9 Å². The van der Waals surface area contributed by atoms with Gasteiger partial charge in [0, 0.05) is 21.8 Å². The Morgan fingerprint density at radius 1 is 0.636 bits per heavy atom. The smallest absolute Gasteiger partial charge is 0.335 e. The van der Waals surface area contributed by atoms with Crippen LogP contribution in [0.4, 0.5) is 0 Å². The molecule has 0 bridgehead atoms. The second-order valence-electron chi connectivity index (χ2n) is 10.3. The number of aromatic amines is 1. The van der Waals surface area contributed by atoms with Crippen molar-refractivity contribution in [1.82, 2.24) is 4.98 Å². The topological polar surface area (TPSA) is 90.4 Å². The molecule has 0 fully saturated rings. The molecule has 4 rings (SSSR count). The van der Waals surface area contributed by atoms with E-state index in [9.17, 15) is 9.59 Å². The lowest BCUT2D eigenvalue weighted by Gasteiger charge is -2.30. The number of carboxylic acids is 2. The zero-order valence-electron chi connectivity index (χ0n) is 20.0. The second kappa shape index (κ2) is 8.74. The molecule has 0 radical (unpaired) electrons. The number of aromatic carboxylic acids is 2. The zero-order valence-corrected chi connectivity index (χ0v) is 20.0. The van der Waals surface area contributed by atoms with Crippen LogP contribution in [0.3, 0.4) is 0 Å². The van der Waals surface area contributed by atoms with E-state index in [0.717, 1.165) is 0 Å². The molecule has 3 aromatic carbocycles. The van der Waals surface area contributed by atoms with Crippen LogP contribution in [0.15, 0.2) is 60.7 Å². The number of aromatic nitrogens is 1. The van der Waals surface area contributed by atoms with E-state index in [0.29, 0.717) is 0 Å². The molecule has 1 aromatic heterocycles. The van der Waals surface area contributed by atoms with E-state index in [1.165, 1.54) is 57.2 Å². The molecular formula is C28H31NO4. The van der Waals surface area contributed by atoms with Crippen LogP contribution < -0.4 is 0 Å². The highest BCUT2D eigenvalue weighted by Gasteiger charge is 2.26. The molecule has 5 nitrogen and oxygen atoms in total. The van der Waals surface area contributed by atoms with Gasteiger partial charge in [-0.25, -0.2) is 9.59 Å². The highest BCUT2D eigenvalue weighted by atomic mass is 16.4. The van der Waals surface area contributed by atoms with E-state index in [2.05, 4.69) is 82.9 Å². The summed E-state index contributed by atoms with van der Waals surface area (Å²) >= 11 is 0. The third-order valence-corrected chi connectivity index (χ3v) is 5.64. The molecule has 0 spiro atoms. The second-order valence-corrected chi connectivity index (χ2v) is 10.3. The van der Waals surface area contributed by atoms with E-state index < -0.39 is 11.9 Å². The molecule has 0 aliphatic carbocycles. The van der Waals surface area contributed by atoms with Crippen molar-refractivity contribution in [2.24, 2.45) is 0 Å². The number of nitrogens with one attached hydrogen (secondary N) is 1. The van der Waals surface area contributed by atoms with Gasteiger partial charge in [0.25, 0.3) is 0 Å². The molecule has 0 aliphatic heterocycles. The molecule has 4 aromatic rings. The Morgan fingerprint density at radius 3 is 1.55 bits per heavy atom. The van der Waals surface area contributed by atoms with Gasteiger partial charge in [-0.05, 0) is 64.4 Å². The molecule has 0 saturated heterocycles.